The van der Waals surface area contributed by atoms with Gasteiger partial charge in [-0.15, -0.1) is 0 Å². The van der Waals surface area contributed by atoms with Crippen LogP contribution in [-0.4, -0.2) is 41.6 Å². The SMILES string of the molecule is CC(C)N1CCC(NC(=O)NC(C)(C)C)CC1. The molecule has 0 unspecified atom stereocenters. The highest BCUT2D eigenvalue weighted by molar-refractivity contribution is 5.74. The van der Waals surface area contributed by atoms with Crippen molar-refractivity contribution in [2.75, 3.05) is 13.1 Å². The summed E-state index contributed by atoms with van der Waals surface area (Å²) in [6, 6.07) is 0.896. The van der Waals surface area contributed by atoms with E-state index in [2.05, 4.69) is 29.4 Å². The molecule has 17 heavy (non-hydrogen) atoms. The maximum atomic E-state index is 11.7. The van der Waals surface area contributed by atoms with Crippen LogP contribution < -0.4 is 10.6 Å². The van der Waals surface area contributed by atoms with Crippen molar-refractivity contribution >= 4 is 6.03 Å². The maximum Gasteiger partial charge on any atom is 0.315 e. The van der Waals surface area contributed by atoms with E-state index >= 15 is 0 Å². The summed E-state index contributed by atoms with van der Waals surface area (Å²) in [6.45, 7) is 12.6. The van der Waals surface area contributed by atoms with E-state index in [-0.39, 0.29) is 11.6 Å². The second kappa shape index (κ2) is 5.71. The minimum atomic E-state index is -0.164. The highest BCUT2D eigenvalue weighted by Gasteiger charge is 2.23. The standard InChI is InChI=1S/C13H27N3O/c1-10(2)16-8-6-11(7-9-16)14-12(17)15-13(3,4)5/h10-11H,6-9H2,1-5H3,(H2,14,15,17). The fraction of sp³-hybridized carbons (Fsp3) is 0.923. The molecule has 0 aliphatic carbocycles. The molecule has 1 aliphatic rings. The number of carbonyl (C=O) groups is 1. The van der Waals surface area contributed by atoms with Gasteiger partial charge in [-0.2, -0.15) is 0 Å². The molecule has 0 aromatic heterocycles. The number of nitrogens with zero attached hydrogens (tertiary/aromatic N) is 1. The number of carbonyl (C=O) groups excluding carboxylic acids is 1. The van der Waals surface area contributed by atoms with Crippen molar-refractivity contribution in [3.63, 3.8) is 0 Å². The first kappa shape index (κ1) is 14.3. The molecule has 0 radical (unpaired) electrons. The lowest BCUT2D eigenvalue weighted by Crippen LogP contribution is -2.52. The van der Waals surface area contributed by atoms with E-state index in [4.69, 9.17) is 0 Å². The van der Waals surface area contributed by atoms with Crippen LogP contribution in [0.1, 0.15) is 47.5 Å². The lowest BCUT2D eigenvalue weighted by molar-refractivity contribution is 0.160. The number of likely N-dealkylation sites (tertiary alicyclic amines) is 1. The third-order valence-electron chi connectivity index (χ3n) is 3.08. The second-order valence-electron chi connectivity index (χ2n) is 6.25. The van der Waals surface area contributed by atoms with Crippen LogP contribution in [0, 0.1) is 0 Å². The van der Waals surface area contributed by atoms with Crippen molar-refractivity contribution in [1.82, 2.24) is 15.5 Å². The molecule has 0 bridgehead atoms. The molecule has 1 saturated heterocycles. The topological polar surface area (TPSA) is 44.4 Å². The van der Waals surface area contributed by atoms with Gasteiger partial charge in [-0.3, -0.25) is 0 Å². The Bertz CT molecular complexity index is 250. The summed E-state index contributed by atoms with van der Waals surface area (Å²) >= 11 is 0. The molecule has 0 saturated carbocycles. The number of nitrogens with one attached hydrogen (secondary N) is 2. The smallest absolute Gasteiger partial charge is 0.315 e. The molecular weight excluding hydrogens is 214 g/mol. The van der Waals surface area contributed by atoms with Crippen LogP contribution in [0.5, 0.6) is 0 Å². The average Bonchev–Trinajstić information content (AvgIpc) is 2.15. The third kappa shape index (κ3) is 5.39. The van der Waals surface area contributed by atoms with Crippen molar-refractivity contribution in [2.24, 2.45) is 0 Å². The van der Waals surface area contributed by atoms with Crippen LogP contribution in [0.25, 0.3) is 0 Å². The van der Waals surface area contributed by atoms with Crippen LogP contribution in [-0.2, 0) is 0 Å². The Morgan fingerprint density at radius 1 is 1.24 bits per heavy atom. The van der Waals surface area contributed by atoms with Gasteiger partial charge in [0.05, 0.1) is 0 Å². The minimum absolute atomic E-state index is 0.0412. The lowest BCUT2D eigenvalue weighted by Gasteiger charge is -2.35. The van der Waals surface area contributed by atoms with Crippen molar-refractivity contribution in [1.29, 1.82) is 0 Å². The zero-order valence-electron chi connectivity index (χ0n) is 11.8. The lowest BCUT2D eigenvalue weighted by atomic mass is 10.0. The Morgan fingerprint density at radius 3 is 2.18 bits per heavy atom. The van der Waals surface area contributed by atoms with Gasteiger partial charge in [0.2, 0.25) is 0 Å². The molecule has 1 heterocycles. The molecule has 1 rings (SSSR count). The molecular formula is C13H27N3O. The Kier molecular flexibility index (Phi) is 4.80. The zero-order chi connectivity index (χ0) is 13.1. The van der Waals surface area contributed by atoms with Crippen molar-refractivity contribution in [3.8, 4) is 0 Å². The average molecular weight is 241 g/mol. The molecule has 0 spiro atoms. The molecule has 4 nitrogen and oxygen atoms in total. The number of urea groups is 1. The quantitative estimate of drug-likeness (QED) is 0.776. The van der Waals surface area contributed by atoms with Crippen molar-refractivity contribution < 1.29 is 4.79 Å². The molecule has 0 atom stereocenters. The van der Waals surface area contributed by atoms with E-state index in [1.54, 1.807) is 0 Å². The van der Waals surface area contributed by atoms with Crippen LogP contribution >= 0.6 is 0 Å². The summed E-state index contributed by atoms with van der Waals surface area (Å²) < 4.78 is 0. The number of hydrogen-bond donors (Lipinski definition) is 2. The molecule has 1 fully saturated rings. The summed E-state index contributed by atoms with van der Waals surface area (Å²) in [6.07, 6.45) is 2.10. The van der Waals surface area contributed by atoms with E-state index in [1.807, 2.05) is 20.8 Å². The van der Waals surface area contributed by atoms with Crippen LogP contribution in [0.2, 0.25) is 0 Å². The van der Waals surface area contributed by atoms with Crippen LogP contribution in [0.15, 0.2) is 0 Å². The van der Waals surface area contributed by atoms with Crippen LogP contribution in [0.4, 0.5) is 4.79 Å². The van der Waals surface area contributed by atoms with Gasteiger partial charge in [-0.25, -0.2) is 4.79 Å². The fourth-order valence-electron chi connectivity index (χ4n) is 2.12. The summed E-state index contributed by atoms with van der Waals surface area (Å²) in [5.74, 6) is 0. The van der Waals surface area contributed by atoms with Gasteiger partial charge in [0.25, 0.3) is 0 Å². The molecule has 2 amide bonds. The Labute approximate surface area is 105 Å². The molecule has 4 heteroatoms. The Balaban J connectivity index is 2.29. The summed E-state index contributed by atoms with van der Waals surface area (Å²) in [4.78, 5) is 14.2. The number of rotatable bonds is 2. The normalized spacial score (nSPS) is 19.4. The molecule has 0 aromatic carbocycles. The summed E-state index contributed by atoms with van der Waals surface area (Å²) in [5.41, 5.74) is -0.164. The van der Waals surface area contributed by atoms with E-state index < -0.39 is 0 Å². The molecule has 0 aromatic rings. The van der Waals surface area contributed by atoms with Crippen LogP contribution in [0.3, 0.4) is 0 Å². The highest BCUT2D eigenvalue weighted by Crippen LogP contribution is 2.12. The first-order valence-corrected chi connectivity index (χ1v) is 6.60. The summed E-state index contributed by atoms with van der Waals surface area (Å²) in [7, 11) is 0. The first-order chi connectivity index (χ1) is 7.78. The predicted molar refractivity (Wildman–Crippen MR) is 71.2 cm³/mol. The molecule has 2 N–H and O–H groups in total. The number of hydrogen-bond acceptors (Lipinski definition) is 2. The first-order valence-electron chi connectivity index (χ1n) is 6.60. The largest absolute Gasteiger partial charge is 0.335 e. The van der Waals surface area contributed by atoms with Gasteiger partial charge in [0, 0.05) is 30.7 Å². The van der Waals surface area contributed by atoms with E-state index in [1.165, 1.54) is 0 Å². The van der Waals surface area contributed by atoms with E-state index in [0.29, 0.717) is 12.1 Å². The number of amides is 2. The second-order valence-corrected chi connectivity index (χ2v) is 6.25. The predicted octanol–water partition coefficient (Wildman–Crippen LogP) is 1.96. The minimum Gasteiger partial charge on any atom is -0.335 e. The Morgan fingerprint density at radius 2 is 1.76 bits per heavy atom. The van der Waals surface area contributed by atoms with Gasteiger partial charge in [0.1, 0.15) is 0 Å². The number of piperidine rings is 1. The van der Waals surface area contributed by atoms with Gasteiger partial charge in [-0.05, 0) is 47.5 Å². The Hall–Kier alpha value is -0.770. The molecule has 1 aliphatic heterocycles. The van der Waals surface area contributed by atoms with Gasteiger partial charge < -0.3 is 15.5 Å². The molecule has 100 valence electrons. The fourth-order valence-corrected chi connectivity index (χ4v) is 2.12. The maximum absolute atomic E-state index is 11.7. The van der Waals surface area contributed by atoms with Gasteiger partial charge in [0.15, 0.2) is 0 Å². The van der Waals surface area contributed by atoms with E-state index in [0.717, 1.165) is 25.9 Å². The van der Waals surface area contributed by atoms with Gasteiger partial charge in [-0.1, -0.05) is 0 Å². The highest BCUT2D eigenvalue weighted by atomic mass is 16.2. The van der Waals surface area contributed by atoms with Gasteiger partial charge >= 0.3 is 6.03 Å². The third-order valence-corrected chi connectivity index (χ3v) is 3.08. The zero-order valence-corrected chi connectivity index (χ0v) is 11.8. The van der Waals surface area contributed by atoms with E-state index in [9.17, 15) is 4.79 Å². The van der Waals surface area contributed by atoms with Crippen molar-refractivity contribution in [2.45, 2.75) is 65.1 Å². The van der Waals surface area contributed by atoms with Crippen molar-refractivity contribution in [3.05, 3.63) is 0 Å². The monoisotopic (exact) mass is 241 g/mol. The summed E-state index contributed by atoms with van der Waals surface area (Å²) in [5, 5.41) is 5.99.